The van der Waals surface area contributed by atoms with Crippen molar-refractivity contribution < 1.29 is 14.7 Å². The molecule has 3 rings (SSSR count). The van der Waals surface area contributed by atoms with Gasteiger partial charge in [-0.1, -0.05) is 33.1 Å². The van der Waals surface area contributed by atoms with Gasteiger partial charge in [0, 0.05) is 19.1 Å². The van der Waals surface area contributed by atoms with E-state index >= 15 is 0 Å². The molecule has 130 valence electrons. The van der Waals surface area contributed by atoms with Crippen molar-refractivity contribution in [2.45, 2.75) is 58.4 Å². The van der Waals surface area contributed by atoms with Crippen LogP contribution in [0.15, 0.2) is 0 Å². The van der Waals surface area contributed by atoms with Crippen molar-refractivity contribution in [2.24, 2.45) is 23.2 Å². The number of nitrogens with one attached hydrogen (secondary N) is 1. The van der Waals surface area contributed by atoms with Crippen LogP contribution in [-0.4, -0.2) is 47.6 Å². The van der Waals surface area contributed by atoms with E-state index in [4.69, 9.17) is 0 Å². The zero-order valence-corrected chi connectivity index (χ0v) is 14.4. The summed E-state index contributed by atoms with van der Waals surface area (Å²) in [6, 6.07) is 0.279. The van der Waals surface area contributed by atoms with Gasteiger partial charge in [0.1, 0.15) is 0 Å². The van der Waals surface area contributed by atoms with Crippen LogP contribution in [0.1, 0.15) is 52.4 Å². The third-order valence-corrected chi connectivity index (χ3v) is 6.79. The largest absolute Gasteiger partial charge is 0.481 e. The Morgan fingerprint density at radius 3 is 2.70 bits per heavy atom. The number of likely N-dealkylation sites (tertiary alicyclic amines) is 1. The number of rotatable bonds is 4. The number of carboxylic acid groups (broad SMARTS) is 1. The Morgan fingerprint density at radius 1 is 1.22 bits per heavy atom. The number of hydrogen-bond donors (Lipinski definition) is 2. The lowest BCUT2D eigenvalue weighted by Gasteiger charge is -2.35. The first-order valence-corrected chi connectivity index (χ1v) is 9.17. The first-order chi connectivity index (χ1) is 10.9. The number of hydrogen-bond acceptors (Lipinski definition) is 3. The molecular formula is C18H30N2O3. The lowest BCUT2D eigenvalue weighted by atomic mass is 9.78. The Labute approximate surface area is 138 Å². The number of carbonyl (C=O) groups excluding carboxylic acids is 1. The van der Waals surface area contributed by atoms with E-state index in [0.717, 1.165) is 32.2 Å². The predicted molar refractivity (Wildman–Crippen MR) is 88.0 cm³/mol. The van der Waals surface area contributed by atoms with Gasteiger partial charge in [-0.2, -0.15) is 0 Å². The molecule has 2 saturated carbocycles. The van der Waals surface area contributed by atoms with Crippen LogP contribution in [0.5, 0.6) is 0 Å². The second-order valence-electron chi connectivity index (χ2n) is 8.16. The summed E-state index contributed by atoms with van der Waals surface area (Å²) in [6.45, 7) is 6.15. The molecule has 0 aromatic carbocycles. The van der Waals surface area contributed by atoms with E-state index < -0.39 is 11.4 Å². The van der Waals surface area contributed by atoms with Gasteiger partial charge in [-0.05, 0) is 37.0 Å². The van der Waals surface area contributed by atoms with Crippen LogP contribution in [-0.2, 0) is 9.59 Å². The van der Waals surface area contributed by atoms with Gasteiger partial charge in [0.2, 0.25) is 5.91 Å². The van der Waals surface area contributed by atoms with E-state index in [1.165, 1.54) is 12.8 Å². The van der Waals surface area contributed by atoms with Gasteiger partial charge in [0.15, 0.2) is 0 Å². The van der Waals surface area contributed by atoms with E-state index in [9.17, 15) is 14.7 Å². The number of nitrogens with zero attached hydrogens (tertiary/aromatic N) is 1. The van der Waals surface area contributed by atoms with Crippen LogP contribution in [0.2, 0.25) is 0 Å². The highest BCUT2D eigenvalue weighted by Gasteiger charge is 2.54. The summed E-state index contributed by atoms with van der Waals surface area (Å²) in [5.74, 6) is 0.807. The van der Waals surface area contributed by atoms with E-state index in [2.05, 4.69) is 24.1 Å². The molecule has 0 spiro atoms. The summed E-state index contributed by atoms with van der Waals surface area (Å²) < 4.78 is 0. The molecule has 1 aliphatic heterocycles. The van der Waals surface area contributed by atoms with E-state index in [1.54, 1.807) is 0 Å². The minimum atomic E-state index is -0.669. The van der Waals surface area contributed by atoms with Gasteiger partial charge < -0.3 is 10.4 Å². The van der Waals surface area contributed by atoms with Crippen molar-refractivity contribution in [2.75, 3.05) is 19.6 Å². The van der Waals surface area contributed by atoms with Crippen LogP contribution in [0, 0.1) is 23.2 Å². The maximum atomic E-state index is 12.4. The molecule has 5 nitrogen and oxygen atoms in total. The molecule has 0 aromatic rings. The van der Waals surface area contributed by atoms with Crippen molar-refractivity contribution in [1.29, 1.82) is 0 Å². The van der Waals surface area contributed by atoms with E-state index in [1.807, 2.05) is 0 Å². The van der Waals surface area contributed by atoms with Crippen LogP contribution in [0.25, 0.3) is 0 Å². The Bertz CT molecular complexity index is 481. The topological polar surface area (TPSA) is 69.6 Å². The highest BCUT2D eigenvalue weighted by atomic mass is 16.4. The third-order valence-electron chi connectivity index (χ3n) is 6.79. The highest BCUT2D eigenvalue weighted by molar-refractivity contribution is 5.79. The molecular weight excluding hydrogens is 292 g/mol. The summed E-state index contributed by atoms with van der Waals surface area (Å²) in [5.41, 5.74) is -0.590. The van der Waals surface area contributed by atoms with Crippen LogP contribution >= 0.6 is 0 Å². The van der Waals surface area contributed by atoms with Crippen LogP contribution in [0.3, 0.4) is 0 Å². The van der Waals surface area contributed by atoms with Crippen molar-refractivity contribution in [3.05, 3.63) is 0 Å². The molecule has 23 heavy (non-hydrogen) atoms. The molecule has 1 heterocycles. The Hall–Kier alpha value is -1.10. The molecule has 3 unspecified atom stereocenters. The molecule has 3 fully saturated rings. The zero-order chi connectivity index (χ0) is 16.6. The second kappa shape index (κ2) is 6.42. The summed E-state index contributed by atoms with van der Waals surface area (Å²) in [7, 11) is 0. The van der Waals surface area contributed by atoms with E-state index in [-0.39, 0.29) is 17.9 Å². The van der Waals surface area contributed by atoms with Gasteiger partial charge in [-0.15, -0.1) is 0 Å². The fraction of sp³-hybridized carbons (Fsp3) is 0.889. The summed E-state index contributed by atoms with van der Waals surface area (Å²) in [5, 5.41) is 12.8. The predicted octanol–water partition coefficient (Wildman–Crippen LogP) is 2.11. The van der Waals surface area contributed by atoms with Gasteiger partial charge in [-0.25, -0.2) is 0 Å². The van der Waals surface area contributed by atoms with Gasteiger partial charge in [-0.3, -0.25) is 14.5 Å². The van der Waals surface area contributed by atoms with Crippen LogP contribution in [0.4, 0.5) is 0 Å². The average Bonchev–Trinajstić information content (AvgIpc) is 3.01. The van der Waals surface area contributed by atoms with Crippen molar-refractivity contribution in [3.8, 4) is 0 Å². The molecule has 2 N–H and O–H groups in total. The molecule has 3 aliphatic rings. The normalized spacial score (nSPS) is 40.8. The fourth-order valence-electron chi connectivity index (χ4n) is 5.10. The molecule has 2 aliphatic carbocycles. The quantitative estimate of drug-likeness (QED) is 0.832. The lowest BCUT2D eigenvalue weighted by Crippen LogP contribution is -2.47. The molecule has 5 heteroatoms. The monoisotopic (exact) mass is 322 g/mol. The molecule has 0 aromatic heterocycles. The number of fused-ring (bicyclic) bond motifs is 1. The SMILES string of the molecule is CC1CCCC(NC(=O)CN2C[C@@H]3CCC[C@@]3(C(=O)O)C2)C1C. The lowest BCUT2D eigenvalue weighted by molar-refractivity contribution is -0.149. The maximum Gasteiger partial charge on any atom is 0.311 e. The van der Waals surface area contributed by atoms with Crippen LogP contribution < -0.4 is 5.32 Å². The number of carbonyl (C=O) groups is 2. The summed E-state index contributed by atoms with van der Waals surface area (Å²) in [6.07, 6.45) is 6.27. The molecule has 1 saturated heterocycles. The Morgan fingerprint density at radius 2 is 2.00 bits per heavy atom. The second-order valence-corrected chi connectivity index (χ2v) is 8.16. The zero-order valence-electron chi connectivity index (χ0n) is 14.4. The molecule has 1 amide bonds. The number of amides is 1. The summed E-state index contributed by atoms with van der Waals surface area (Å²) >= 11 is 0. The van der Waals surface area contributed by atoms with Gasteiger partial charge in [0.05, 0.1) is 12.0 Å². The van der Waals surface area contributed by atoms with Gasteiger partial charge in [0.25, 0.3) is 0 Å². The fourth-order valence-corrected chi connectivity index (χ4v) is 5.10. The van der Waals surface area contributed by atoms with Gasteiger partial charge >= 0.3 is 5.97 Å². The number of carboxylic acids is 1. The Balaban J connectivity index is 1.54. The highest BCUT2D eigenvalue weighted by Crippen LogP contribution is 2.48. The first kappa shape index (κ1) is 16.7. The number of aliphatic carboxylic acids is 1. The minimum absolute atomic E-state index is 0.0662. The van der Waals surface area contributed by atoms with Crippen molar-refractivity contribution >= 4 is 11.9 Å². The Kier molecular flexibility index (Phi) is 4.68. The molecule has 0 bridgehead atoms. The molecule has 0 radical (unpaired) electrons. The molecule has 5 atom stereocenters. The minimum Gasteiger partial charge on any atom is -0.481 e. The maximum absolute atomic E-state index is 12.4. The average molecular weight is 322 g/mol. The van der Waals surface area contributed by atoms with Crippen molar-refractivity contribution in [1.82, 2.24) is 10.2 Å². The smallest absolute Gasteiger partial charge is 0.311 e. The summed E-state index contributed by atoms with van der Waals surface area (Å²) in [4.78, 5) is 26.2. The standard InChI is InChI=1S/C18H30N2O3/c1-12-5-3-7-15(13(12)2)19-16(21)10-20-9-14-6-4-8-18(14,11-20)17(22)23/h12-15H,3-11H2,1-2H3,(H,19,21)(H,22,23)/t12?,13?,14-,15?,18+/m0/s1. The first-order valence-electron chi connectivity index (χ1n) is 9.17. The van der Waals surface area contributed by atoms with Crippen molar-refractivity contribution in [3.63, 3.8) is 0 Å². The van der Waals surface area contributed by atoms with E-state index in [0.29, 0.717) is 24.9 Å². The third kappa shape index (κ3) is 3.12.